The van der Waals surface area contributed by atoms with Crippen molar-refractivity contribution in [1.82, 2.24) is 14.8 Å². The molecule has 0 spiro atoms. The van der Waals surface area contributed by atoms with E-state index in [1.165, 1.54) is 6.42 Å². The number of hydrogen-bond acceptors (Lipinski definition) is 4. The zero-order chi connectivity index (χ0) is 23.9. The summed E-state index contributed by atoms with van der Waals surface area (Å²) >= 11 is 0. The van der Waals surface area contributed by atoms with Gasteiger partial charge in [-0.15, -0.1) is 0 Å². The van der Waals surface area contributed by atoms with Gasteiger partial charge < -0.3 is 23.9 Å². The molecule has 3 aromatic rings. The van der Waals surface area contributed by atoms with Crippen LogP contribution in [0.4, 0.5) is 0 Å². The van der Waals surface area contributed by atoms with E-state index in [0.717, 1.165) is 48.3 Å². The number of carbonyl (C=O) groups excluding carboxylic acids is 2. The number of hydrogen-bond donors (Lipinski definition) is 1. The summed E-state index contributed by atoms with van der Waals surface area (Å²) in [5.74, 6) is 1.33. The van der Waals surface area contributed by atoms with Gasteiger partial charge in [-0.1, -0.05) is 31.4 Å². The minimum Gasteiger partial charge on any atom is -0.494 e. The molecule has 7 nitrogen and oxygen atoms in total. The molecular formula is C27H33N3O4. The molecule has 1 saturated carbocycles. The molecule has 1 unspecified atom stereocenters. The van der Waals surface area contributed by atoms with Crippen LogP contribution in [0.2, 0.25) is 0 Å². The Morgan fingerprint density at radius 3 is 2.62 bits per heavy atom. The van der Waals surface area contributed by atoms with Crippen molar-refractivity contribution in [3.8, 4) is 5.75 Å². The SMILES string of the molecule is CCOc1ccc(CN2C(=O)c3cc4oc(C)cc4n3CC2(C)C(=O)NC2CCCCC2)cc1. The summed E-state index contributed by atoms with van der Waals surface area (Å²) in [6, 6.07) is 11.6. The van der Waals surface area contributed by atoms with Crippen LogP contribution in [0, 0.1) is 6.92 Å². The topological polar surface area (TPSA) is 76.7 Å². The molecule has 1 N–H and O–H groups in total. The fourth-order valence-corrected chi connectivity index (χ4v) is 5.34. The number of aromatic nitrogens is 1. The van der Waals surface area contributed by atoms with Crippen molar-refractivity contribution in [1.29, 1.82) is 0 Å². The molecule has 34 heavy (non-hydrogen) atoms. The Kier molecular flexibility index (Phi) is 5.88. The molecule has 3 heterocycles. The predicted octanol–water partition coefficient (Wildman–Crippen LogP) is 4.81. The van der Waals surface area contributed by atoms with Gasteiger partial charge in [-0.2, -0.15) is 0 Å². The van der Waals surface area contributed by atoms with Crippen LogP contribution in [-0.4, -0.2) is 39.5 Å². The first kappa shape index (κ1) is 22.6. The second kappa shape index (κ2) is 8.85. The molecule has 5 rings (SSSR count). The second-order valence-electron chi connectivity index (χ2n) is 9.77. The third-order valence-electron chi connectivity index (χ3n) is 7.24. The smallest absolute Gasteiger partial charge is 0.271 e. The normalized spacial score (nSPS) is 21.0. The molecule has 1 fully saturated rings. The molecule has 180 valence electrons. The zero-order valence-electron chi connectivity index (χ0n) is 20.2. The summed E-state index contributed by atoms with van der Waals surface area (Å²) in [4.78, 5) is 29.3. The van der Waals surface area contributed by atoms with Gasteiger partial charge in [0.25, 0.3) is 5.91 Å². The van der Waals surface area contributed by atoms with E-state index in [9.17, 15) is 9.59 Å². The number of nitrogens with one attached hydrogen (secondary N) is 1. The molecule has 1 aromatic carbocycles. The second-order valence-corrected chi connectivity index (χ2v) is 9.77. The summed E-state index contributed by atoms with van der Waals surface area (Å²) in [7, 11) is 0. The van der Waals surface area contributed by atoms with Crippen molar-refractivity contribution in [3.63, 3.8) is 0 Å². The molecule has 2 amide bonds. The molecule has 0 saturated heterocycles. The maximum absolute atomic E-state index is 13.8. The Balaban J connectivity index is 1.50. The average Bonchev–Trinajstić information content (AvgIpc) is 3.35. The number of nitrogens with zero attached hydrogens (tertiary/aromatic N) is 2. The first-order chi connectivity index (χ1) is 16.4. The van der Waals surface area contributed by atoms with Crippen LogP contribution >= 0.6 is 0 Å². The summed E-state index contributed by atoms with van der Waals surface area (Å²) in [6.45, 7) is 7.05. The summed E-state index contributed by atoms with van der Waals surface area (Å²) in [5.41, 5.74) is 2.02. The quantitative estimate of drug-likeness (QED) is 0.569. The minimum absolute atomic E-state index is 0.0913. The van der Waals surface area contributed by atoms with Gasteiger partial charge in [0.15, 0.2) is 5.58 Å². The molecule has 1 atom stereocenters. The molecule has 0 radical (unpaired) electrons. The van der Waals surface area contributed by atoms with E-state index in [1.807, 2.05) is 55.7 Å². The van der Waals surface area contributed by atoms with Crippen molar-refractivity contribution in [2.24, 2.45) is 0 Å². The fourth-order valence-electron chi connectivity index (χ4n) is 5.34. The highest BCUT2D eigenvalue weighted by Gasteiger charge is 2.48. The molecule has 2 aromatic heterocycles. The number of carbonyl (C=O) groups is 2. The van der Waals surface area contributed by atoms with E-state index in [4.69, 9.17) is 9.15 Å². The van der Waals surface area contributed by atoms with Crippen molar-refractivity contribution >= 4 is 22.9 Å². The van der Waals surface area contributed by atoms with E-state index >= 15 is 0 Å². The number of amides is 2. The van der Waals surface area contributed by atoms with Crippen molar-refractivity contribution in [3.05, 3.63) is 53.4 Å². The lowest BCUT2D eigenvalue weighted by Crippen LogP contribution is -2.64. The third-order valence-corrected chi connectivity index (χ3v) is 7.24. The first-order valence-corrected chi connectivity index (χ1v) is 12.3. The highest BCUT2D eigenvalue weighted by Crippen LogP contribution is 2.35. The molecule has 7 heteroatoms. The molecule has 2 aliphatic rings. The van der Waals surface area contributed by atoms with E-state index in [-0.39, 0.29) is 17.9 Å². The van der Waals surface area contributed by atoms with E-state index in [0.29, 0.717) is 31.0 Å². The van der Waals surface area contributed by atoms with E-state index in [1.54, 1.807) is 11.0 Å². The lowest BCUT2D eigenvalue weighted by molar-refractivity contribution is -0.134. The lowest BCUT2D eigenvalue weighted by Gasteiger charge is -2.44. The van der Waals surface area contributed by atoms with Gasteiger partial charge in [-0.25, -0.2) is 0 Å². The van der Waals surface area contributed by atoms with Crippen molar-refractivity contribution in [2.75, 3.05) is 6.61 Å². The number of furan rings is 1. The van der Waals surface area contributed by atoms with Crippen LogP contribution in [0.25, 0.3) is 11.1 Å². The van der Waals surface area contributed by atoms with Crippen LogP contribution in [0.1, 0.15) is 67.8 Å². The Labute approximate surface area is 200 Å². The van der Waals surface area contributed by atoms with Gasteiger partial charge >= 0.3 is 0 Å². The number of fused-ring (bicyclic) bond motifs is 3. The maximum atomic E-state index is 13.8. The average molecular weight is 464 g/mol. The van der Waals surface area contributed by atoms with E-state index < -0.39 is 5.54 Å². The van der Waals surface area contributed by atoms with Crippen molar-refractivity contribution in [2.45, 2.75) is 77.5 Å². The van der Waals surface area contributed by atoms with Gasteiger partial charge in [0.2, 0.25) is 5.91 Å². The van der Waals surface area contributed by atoms with Gasteiger partial charge in [-0.3, -0.25) is 9.59 Å². The Hall–Kier alpha value is -3.22. The number of aryl methyl sites for hydroxylation is 1. The molecular weight excluding hydrogens is 430 g/mol. The van der Waals surface area contributed by atoms with Crippen LogP contribution in [-0.2, 0) is 17.9 Å². The number of benzene rings is 1. The van der Waals surface area contributed by atoms with Crippen LogP contribution in [0.15, 0.2) is 40.8 Å². The van der Waals surface area contributed by atoms with Crippen LogP contribution in [0.3, 0.4) is 0 Å². The number of rotatable bonds is 6. The monoisotopic (exact) mass is 463 g/mol. The molecule has 0 bridgehead atoms. The largest absolute Gasteiger partial charge is 0.494 e. The Morgan fingerprint density at radius 2 is 1.91 bits per heavy atom. The summed E-state index contributed by atoms with van der Waals surface area (Å²) in [5, 5.41) is 3.28. The fraction of sp³-hybridized carbons (Fsp3) is 0.481. The maximum Gasteiger partial charge on any atom is 0.271 e. The minimum atomic E-state index is -1.03. The van der Waals surface area contributed by atoms with Crippen LogP contribution in [0.5, 0.6) is 5.75 Å². The Bertz CT molecular complexity index is 1200. The van der Waals surface area contributed by atoms with Gasteiger partial charge in [0.1, 0.15) is 22.7 Å². The number of ether oxygens (including phenoxy) is 1. The standard InChI is InChI=1S/C27H33N3O4/c1-4-33-21-12-10-19(11-13-21)16-30-25(31)23-15-24-22(14-18(2)34-24)29(23)17-27(30,3)26(32)28-20-8-6-5-7-9-20/h10-15,20H,4-9,16-17H2,1-3H3,(H,28,32). The molecule has 1 aliphatic carbocycles. The summed E-state index contributed by atoms with van der Waals surface area (Å²) < 4.78 is 13.3. The van der Waals surface area contributed by atoms with Gasteiger partial charge in [0, 0.05) is 24.7 Å². The zero-order valence-corrected chi connectivity index (χ0v) is 20.2. The predicted molar refractivity (Wildman–Crippen MR) is 130 cm³/mol. The first-order valence-electron chi connectivity index (χ1n) is 12.3. The molecule has 1 aliphatic heterocycles. The highest BCUT2D eigenvalue weighted by molar-refractivity contribution is 6.03. The van der Waals surface area contributed by atoms with Gasteiger partial charge in [-0.05, 0) is 51.3 Å². The highest BCUT2D eigenvalue weighted by atomic mass is 16.5. The lowest BCUT2D eigenvalue weighted by atomic mass is 9.91. The van der Waals surface area contributed by atoms with E-state index in [2.05, 4.69) is 5.32 Å². The Morgan fingerprint density at radius 1 is 1.18 bits per heavy atom. The van der Waals surface area contributed by atoms with Crippen molar-refractivity contribution < 1.29 is 18.7 Å². The van der Waals surface area contributed by atoms with Crippen LogP contribution < -0.4 is 10.1 Å². The third kappa shape index (κ3) is 3.97. The van der Waals surface area contributed by atoms with Gasteiger partial charge in [0.05, 0.1) is 18.7 Å². The summed E-state index contributed by atoms with van der Waals surface area (Å²) in [6.07, 6.45) is 5.47.